The number of rotatable bonds is 4. The zero-order chi connectivity index (χ0) is 13.8. The lowest BCUT2D eigenvalue weighted by atomic mass is 9.91. The van der Waals surface area contributed by atoms with Crippen LogP contribution in [-0.4, -0.2) is 34.3 Å². The molecule has 2 N–H and O–H groups in total. The van der Waals surface area contributed by atoms with Crippen LogP contribution in [0.4, 0.5) is 0 Å². The third-order valence-electron chi connectivity index (χ3n) is 4.04. The summed E-state index contributed by atoms with van der Waals surface area (Å²) in [4.78, 5) is 12.2. The highest BCUT2D eigenvalue weighted by Gasteiger charge is 2.23. The number of carbonyl (C=O) groups is 1. The normalized spacial score (nSPS) is 23.3. The Morgan fingerprint density at radius 2 is 2.00 bits per heavy atom. The molecule has 0 atom stereocenters. The van der Waals surface area contributed by atoms with Crippen LogP contribution >= 0.6 is 0 Å². The van der Waals surface area contributed by atoms with Crippen LogP contribution in [-0.2, 0) is 7.05 Å². The minimum absolute atomic E-state index is 0.0116. The largest absolute Gasteiger partial charge is 0.349 e. The minimum Gasteiger partial charge on any atom is -0.349 e. The molecule has 1 aromatic heterocycles. The van der Waals surface area contributed by atoms with Gasteiger partial charge in [-0.1, -0.05) is 6.92 Å². The first kappa shape index (κ1) is 14.1. The van der Waals surface area contributed by atoms with Gasteiger partial charge in [-0.25, -0.2) is 0 Å². The van der Waals surface area contributed by atoms with Gasteiger partial charge in [0.15, 0.2) is 0 Å². The average Bonchev–Trinajstić information content (AvgIpc) is 2.73. The fourth-order valence-electron chi connectivity index (χ4n) is 2.72. The molecule has 106 valence electrons. The van der Waals surface area contributed by atoms with E-state index in [9.17, 15) is 4.79 Å². The zero-order valence-corrected chi connectivity index (χ0v) is 12.1. The molecule has 1 aliphatic carbocycles. The summed E-state index contributed by atoms with van der Waals surface area (Å²) >= 11 is 0. The summed E-state index contributed by atoms with van der Waals surface area (Å²) < 4.78 is 1.73. The summed E-state index contributed by atoms with van der Waals surface area (Å²) in [5.74, 6) is 0.0116. The van der Waals surface area contributed by atoms with E-state index in [-0.39, 0.29) is 5.91 Å². The second-order valence-corrected chi connectivity index (χ2v) is 5.35. The molecular weight excluding hydrogens is 240 g/mol. The smallest absolute Gasteiger partial charge is 0.254 e. The number of carbonyl (C=O) groups excluding carboxylic acids is 1. The summed E-state index contributed by atoms with van der Waals surface area (Å²) in [7, 11) is 1.85. The molecule has 0 unspecified atom stereocenters. The van der Waals surface area contributed by atoms with Crippen LogP contribution < -0.4 is 10.6 Å². The molecule has 1 amide bonds. The number of hydrogen-bond acceptors (Lipinski definition) is 3. The molecule has 1 aliphatic rings. The number of hydrogen-bond donors (Lipinski definition) is 2. The highest BCUT2D eigenvalue weighted by Crippen LogP contribution is 2.19. The van der Waals surface area contributed by atoms with Crippen LogP contribution in [0.5, 0.6) is 0 Å². The van der Waals surface area contributed by atoms with Crippen molar-refractivity contribution in [3.05, 3.63) is 17.5 Å². The summed E-state index contributed by atoms with van der Waals surface area (Å²) in [6.45, 7) is 5.08. The molecule has 1 saturated carbocycles. The first-order valence-corrected chi connectivity index (χ1v) is 7.14. The molecule has 19 heavy (non-hydrogen) atoms. The van der Waals surface area contributed by atoms with E-state index >= 15 is 0 Å². The van der Waals surface area contributed by atoms with E-state index < -0.39 is 0 Å². The molecule has 0 bridgehead atoms. The molecule has 1 aromatic rings. The van der Waals surface area contributed by atoms with Crippen molar-refractivity contribution in [1.82, 2.24) is 20.4 Å². The van der Waals surface area contributed by atoms with Gasteiger partial charge in [0, 0.05) is 24.8 Å². The summed E-state index contributed by atoms with van der Waals surface area (Å²) in [5, 5.41) is 10.7. The van der Waals surface area contributed by atoms with Gasteiger partial charge in [-0.15, -0.1) is 0 Å². The molecule has 0 aliphatic heterocycles. The van der Waals surface area contributed by atoms with Crippen LogP contribution in [0.3, 0.4) is 0 Å². The van der Waals surface area contributed by atoms with Crippen molar-refractivity contribution >= 4 is 5.91 Å². The van der Waals surface area contributed by atoms with Crippen molar-refractivity contribution in [2.75, 3.05) is 6.54 Å². The Hall–Kier alpha value is -1.36. The van der Waals surface area contributed by atoms with Crippen molar-refractivity contribution < 1.29 is 4.79 Å². The Bertz CT molecular complexity index is 433. The molecule has 5 heteroatoms. The summed E-state index contributed by atoms with van der Waals surface area (Å²) in [6, 6.07) is 0.931. The Morgan fingerprint density at radius 3 is 2.53 bits per heavy atom. The highest BCUT2D eigenvalue weighted by atomic mass is 16.1. The SMILES string of the molecule is CCNC1CCC(NC(=O)c2cnn(C)c2C)CC1. The van der Waals surface area contributed by atoms with Crippen LogP contribution in [0.15, 0.2) is 6.20 Å². The number of nitrogens with zero attached hydrogens (tertiary/aromatic N) is 2. The Balaban J connectivity index is 1.86. The Kier molecular flexibility index (Phi) is 4.58. The molecule has 0 saturated heterocycles. The van der Waals surface area contributed by atoms with E-state index in [4.69, 9.17) is 0 Å². The van der Waals surface area contributed by atoms with Crippen LogP contribution in [0, 0.1) is 6.92 Å². The van der Waals surface area contributed by atoms with Gasteiger partial charge in [0.05, 0.1) is 11.8 Å². The Morgan fingerprint density at radius 1 is 1.37 bits per heavy atom. The van der Waals surface area contributed by atoms with E-state index in [1.807, 2.05) is 14.0 Å². The molecule has 0 radical (unpaired) electrons. The van der Waals surface area contributed by atoms with E-state index in [0.717, 1.165) is 37.9 Å². The standard InChI is InChI=1S/C14H24N4O/c1-4-15-11-5-7-12(8-6-11)17-14(19)13-9-16-18(3)10(13)2/h9,11-12,15H,4-8H2,1-3H3,(H,17,19). The second-order valence-electron chi connectivity index (χ2n) is 5.35. The van der Waals surface area contributed by atoms with Gasteiger partial charge in [0.2, 0.25) is 0 Å². The van der Waals surface area contributed by atoms with E-state index in [1.54, 1.807) is 10.9 Å². The fourth-order valence-corrected chi connectivity index (χ4v) is 2.72. The third-order valence-corrected chi connectivity index (χ3v) is 4.04. The molecule has 2 rings (SSSR count). The molecule has 5 nitrogen and oxygen atoms in total. The van der Waals surface area contributed by atoms with Crippen LogP contribution in [0.1, 0.15) is 48.7 Å². The number of aryl methyl sites for hydroxylation is 1. The lowest BCUT2D eigenvalue weighted by Gasteiger charge is -2.29. The van der Waals surface area contributed by atoms with Crippen LogP contribution in [0.25, 0.3) is 0 Å². The summed E-state index contributed by atoms with van der Waals surface area (Å²) in [5.41, 5.74) is 1.61. The van der Waals surface area contributed by atoms with Gasteiger partial charge in [-0.2, -0.15) is 5.10 Å². The van der Waals surface area contributed by atoms with Gasteiger partial charge in [-0.3, -0.25) is 9.48 Å². The molecule has 0 spiro atoms. The lowest BCUT2D eigenvalue weighted by Crippen LogP contribution is -2.42. The van der Waals surface area contributed by atoms with Gasteiger partial charge in [-0.05, 0) is 39.2 Å². The van der Waals surface area contributed by atoms with Gasteiger partial charge < -0.3 is 10.6 Å². The topological polar surface area (TPSA) is 58.9 Å². The highest BCUT2D eigenvalue weighted by molar-refractivity contribution is 5.95. The van der Waals surface area contributed by atoms with Crippen LogP contribution in [0.2, 0.25) is 0 Å². The molecule has 1 heterocycles. The van der Waals surface area contributed by atoms with Gasteiger partial charge in [0.25, 0.3) is 5.91 Å². The third kappa shape index (κ3) is 3.35. The monoisotopic (exact) mass is 264 g/mol. The van der Waals surface area contributed by atoms with Crippen molar-refractivity contribution in [1.29, 1.82) is 0 Å². The minimum atomic E-state index is 0.0116. The molecule has 0 aromatic carbocycles. The quantitative estimate of drug-likeness (QED) is 0.863. The number of aromatic nitrogens is 2. The van der Waals surface area contributed by atoms with E-state index in [2.05, 4.69) is 22.7 Å². The van der Waals surface area contributed by atoms with E-state index in [1.165, 1.54) is 0 Å². The molecular formula is C14H24N4O. The summed E-state index contributed by atoms with van der Waals surface area (Å²) in [6.07, 6.45) is 6.05. The van der Waals surface area contributed by atoms with Gasteiger partial charge >= 0.3 is 0 Å². The second kappa shape index (κ2) is 6.19. The van der Waals surface area contributed by atoms with Crippen molar-refractivity contribution in [3.63, 3.8) is 0 Å². The van der Waals surface area contributed by atoms with Crippen molar-refractivity contribution in [2.24, 2.45) is 7.05 Å². The zero-order valence-electron chi connectivity index (χ0n) is 12.1. The first-order chi connectivity index (χ1) is 9.11. The maximum absolute atomic E-state index is 12.2. The number of nitrogens with one attached hydrogen (secondary N) is 2. The van der Waals surface area contributed by atoms with Crippen molar-refractivity contribution in [2.45, 2.75) is 51.6 Å². The van der Waals surface area contributed by atoms with Gasteiger partial charge in [0.1, 0.15) is 0 Å². The predicted molar refractivity (Wildman–Crippen MR) is 75.1 cm³/mol. The maximum atomic E-state index is 12.2. The van der Waals surface area contributed by atoms with Crippen molar-refractivity contribution in [3.8, 4) is 0 Å². The molecule has 1 fully saturated rings. The Labute approximate surface area is 114 Å². The maximum Gasteiger partial charge on any atom is 0.254 e. The first-order valence-electron chi connectivity index (χ1n) is 7.14. The fraction of sp³-hybridized carbons (Fsp3) is 0.714. The predicted octanol–water partition coefficient (Wildman–Crippen LogP) is 1.38. The average molecular weight is 264 g/mol. The van der Waals surface area contributed by atoms with E-state index in [0.29, 0.717) is 17.6 Å². The lowest BCUT2D eigenvalue weighted by molar-refractivity contribution is 0.0923. The number of amides is 1.